The van der Waals surface area contributed by atoms with Gasteiger partial charge in [-0.15, -0.1) is 0 Å². The van der Waals surface area contributed by atoms with Gasteiger partial charge in [0.15, 0.2) is 0 Å². The van der Waals surface area contributed by atoms with Gasteiger partial charge in [0.25, 0.3) is 0 Å². The van der Waals surface area contributed by atoms with Gasteiger partial charge in [-0.1, -0.05) is 84.9 Å². The summed E-state index contributed by atoms with van der Waals surface area (Å²) in [5.41, 5.74) is 3.41. The molecule has 2 N–H and O–H groups in total. The molecular formula is C32H51Br2Cl2NiO9P3. The zero-order chi connectivity index (χ0) is 38.3. The molecular weight excluding hydrogens is 911 g/mol. The number of alkyl halides is 1. The molecule has 0 saturated heterocycles. The predicted molar refractivity (Wildman–Crippen MR) is 212 cm³/mol. The Morgan fingerprint density at radius 3 is 1.14 bits per heavy atom. The molecule has 0 aliphatic carbocycles. The first-order valence-electron chi connectivity index (χ1n) is 14.9. The Morgan fingerprint density at radius 1 is 0.612 bits per heavy atom. The van der Waals surface area contributed by atoms with E-state index in [9.17, 15) is 9.13 Å². The molecule has 0 spiro atoms. The van der Waals surface area contributed by atoms with Gasteiger partial charge in [0.1, 0.15) is 0 Å². The summed E-state index contributed by atoms with van der Waals surface area (Å²) in [5.74, 6) is 1.81. The third-order valence-electron chi connectivity index (χ3n) is 5.03. The van der Waals surface area contributed by atoms with Gasteiger partial charge in [-0.25, -0.2) is 0 Å². The van der Waals surface area contributed by atoms with E-state index in [4.69, 9.17) is 52.8 Å². The van der Waals surface area contributed by atoms with E-state index in [1.54, 1.807) is 38.1 Å². The molecule has 0 heterocycles. The monoisotopic (exact) mass is 958 g/mol. The van der Waals surface area contributed by atoms with E-state index in [-0.39, 0.29) is 5.30 Å². The molecule has 0 aliphatic heterocycles. The molecule has 9 nitrogen and oxygen atoms in total. The van der Waals surface area contributed by atoms with Crippen molar-refractivity contribution in [1.29, 1.82) is 0 Å². The van der Waals surface area contributed by atoms with E-state index >= 15 is 0 Å². The van der Waals surface area contributed by atoms with Crippen molar-refractivity contribution in [3.05, 3.63) is 94.0 Å². The number of hydrogen-bond donors (Lipinski definition) is 2. The molecule has 0 saturated carbocycles. The first kappa shape index (κ1) is 53.7. The van der Waals surface area contributed by atoms with Gasteiger partial charge in [0.2, 0.25) is 0 Å². The Kier molecular flexibility index (Phi) is 37.3. The van der Waals surface area contributed by atoms with Crippen LogP contribution in [-0.4, -0.2) is 48.7 Å². The Bertz CT molecular complexity index is 1230. The summed E-state index contributed by atoms with van der Waals surface area (Å²) in [6, 6.07) is 21.8. The summed E-state index contributed by atoms with van der Waals surface area (Å²) >= 11 is 6.85. The summed E-state index contributed by atoms with van der Waals surface area (Å²) in [5, 5.41) is 0.694. The van der Waals surface area contributed by atoms with Crippen molar-refractivity contribution in [3.8, 4) is 0 Å². The van der Waals surface area contributed by atoms with Gasteiger partial charge in [0, 0.05) is 4.47 Å². The van der Waals surface area contributed by atoms with Crippen LogP contribution >= 0.6 is 76.0 Å². The number of aryl methyl sites for hydroxylation is 3. The number of hydrogen-bond acceptors (Lipinski definition) is 7. The molecule has 0 amide bonds. The summed E-state index contributed by atoms with van der Waals surface area (Å²) in [6.45, 7) is 18.0. The number of halogens is 4. The first-order valence-corrected chi connectivity index (χ1v) is 24.2. The van der Waals surface area contributed by atoms with E-state index < -0.39 is 23.8 Å². The van der Waals surface area contributed by atoms with Crippen molar-refractivity contribution >= 4 is 86.7 Å². The SMILES string of the molecule is CBr.CCOP(=O)(OCC)c1ccc(C)cc1.CCOP(OCC)OCC.Cc1ccc(Br)cc1.Cc1ccc(P(=O)(O)O)cc1.[Cl][Ni][Cl]. The van der Waals surface area contributed by atoms with Crippen molar-refractivity contribution in [2.75, 3.05) is 38.9 Å². The van der Waals surface area contributed by atoms with E-state index in [1.807, 2.05) is 64.7 Å². The van der Waals surface area contributed by atoms with Crippen LogP contribution in [0.1, 0.15) is 51.3 Å². The van der Waals surface area contributed by atoms with Gasteiger partial charge in [-0.2, -0.15) is 0 Å². The number of rotatable bonds is 12. The topological polar surface area (TPSA) is 121 Å². The zero-order valence-corrected chi connectivity index (χ0v) is 37.7. The van der Waals surface area contributed by atoms with Crippen LogP contribution < -0.4 is 10.6 Å². The molecule has 0 bridgehead atoms. The standard InChI is InChI=1S/C11H17O3P.C7H7Br.C7H9O3P.C6H15O3P.CH3Br.2ClH.Ni/c1-4-13-15(12,14-5-2)11-8-6-10(3)7-9-11;1-6-2-4-7(8)5-3-6;1-6-2-4-7(5-3-6)11(8,9)10;1-4-7-10(8-5-2)9-6-3;1-2;;;/h6-9H,4-5H2,1-3H3;2-5H,1H3;2-5H,1H3,(H2,8,9,10);4-6H2,1-3H3;1H3;2*1H;/q;;;;;;;+2/p-2. The quantitative estimate of drug-likeness (QED) is 0.104. The minimum atomic E-state index is -4.04. The molecule has 49 heavy (non-hydrogen) atoms. The molecule has 286 valence electrons. The van der Waals surface area contributed by atoms with Gasteiger partial charge in [0.05, 0.1) is 43.6 Å². The molecule has 0 atom stereocenters. The normalized spacial score (nSPS) is 10.4. The molecule has 0 aromatic heterocycles. The van der Waals surface area contributed by atoms with Crippen LogP contribution in [0.3, 0.4) is 0 Å². The fourth-order valence-corrected chi connectivity index (χ4v) is 6.18. The van der Waals surface area contributed by atoms with Crippen LogP contribution in [0, 0.1) is 20.8 Å². The Morgan fingerprint density at radius 2 is 0.898 bits per heavy atom. The van der Waals surface area contributed by atoms with E-state index in [1.165, 1.54) is 17.7 Å². The third kappa shape index (κ3) is 29.4. The van der Waals surface area contributed by atoms with Gasteiger partial charge in [-0.3, -0.25) is 9.13 Å². The molecule has 0 fully saturated rings. The molecule has 3 aromatic carbocycles. The average Bonchev–Trinajstić information content (AvgIpc) is 3.05. The van der Waals surface area contributed by atoms with Crippen LogP contribution in [0.5, 0.6) is 0 Å². The van der Waals surface area contributed by atoms with Crippen LogP contribution in [0.25, 0.3) is 0 Å². The van der Waals surface area contributed by atoms with Crippen LogP contribution in [0.15, 0.2) is 77.3 Å². The Balaban J connectivity index is -0.000000562. The molecule has 0 aliphatic rings. The Labute approximate surface area is 326 Å². The fourth-order valence-electron chi connectivity index (χ4n) is 2.95. The van der Waals surface area contributed by atoms with Crippen LogP contribution in [-0.2, 0) is 44.4 Å². The van der Waals surface area contributed by atoms with Crippen LogP contribution in [0.4, 0.5) is 0 Å². The third-order valence-corrected chi connectivity index (χ3v) is 10.1. The van der Waals surface area contributed by atoms with Gasteiger partial charge in [-0.05, 0) is 97.6 Å². The zero-order valence-electron chi connectivity index (χ0n) is 29.4. The van der Waals surface area contributed by atoms with Crippen molar-refractivity contribution in [2.45, 2.75) is 55.4 Å². The minimum absolute atomic E-state index is 0.0723. The summed E-state index contributed by atoms with van der Waals surface area (Å²) in [4.78, 5) is 17.4. The van der Waals surface area contributed by atoms with Crippen molar-refractivity contribution < 1.29 is 54.2 Å². The molecule has 3 aromatic rings. The summed E-state index contributed by atoms with van der Waals surface area (Å²) in [6.07, 6.45) is 0. The Hall–Kier alpha value is 0.304. The predicted octanol–water partition coefficient (Wildman–Crippen LogP) is 11.2. The summed E-state index contributed by atoms with van der Waals surface area (Å²) < 4.78 is 49.9. The molecule has 17 heteroatoms. The maximum absolute atomic E-state index is 12.3. The fraction of sp³-hybridized carbons (Fsp3) is 0.438. The van der Waals surface area contributed by atoms with Crippen molar-refractivity contribution in [2.24, 2.45) is 0 Å². The molecule has 0 radical (unpaired) electrons. The second kappa shape index (κ2) is 34.1. The average molecular weight is 962 g/mol. The van der Waals surface area contributed by atoms with Gasteiger partial charge >= 0.3 is 56.8 Å². The molecule has 3 rings (SSSR count). The first-order chi connectivity index (χ1) is 23.2. The van der Waals surface area contributed by atoms with Crippen LogP contribution in [0.2, 0.25) is 0 Å². The maximum atomic E-state index is 12.3. The van der Waals surface area contributed by atoms with E-state index in [2.05, 4.69) is 50.9 Å². The van der Waals surface area contributed by atoms with E-state index in [0.29, 0.717) is 51.0 Å². The number of benzene rings is 3. The molecule has 0 unspecified atom stereocenters. The van der Waals surface area contributed by atoms with E-state index in [0.717, 1.165) is 15.6 Å². The second-order valence-electron chi connectivity index (χ2n) is 8.87. The van der Waals surface area contributed by atoms with Crippen molar-refractivity contribution in [1.82, 2.24) is 0 Å². The second-order valence-corrected chi connectivity index (χ2v) is 16.3. The van der Waals surface area contributed by atoms with Crippen molar-refractivity contribution in [3.63, 3.8) is 0 Å². The van der Waals surface area contributed by atoms with Gasteiger partial charge < -0.3 is 32.4 Å². The summed E-state index contributed by atoms with van der Waals surface area (Å²) in [7, 11) is 1.21.